The first-order chi connectivity index (χ1) is 12.6. The SMILES string of the molecule is COc1ccccc1OCC(=O)Nc1cccc(NC(=O)CCCN)c1. The molecule has 0 saturated heterocycles. The Hall–Kier alpha value is -3.06. The minimum absolute atomic E-state index is 0.113. The average Bonchev–Trinajstić information content (AvgIpc) is 2.65. The monoisotopic (exact) mass is 357 g/mol. The molecule has 0 atom stereocenters. The first-order valence-electron chi connectivity index (χ1n) is 8.28. The lowest BCUT2D eigenvalue weighted by molar-refractivity contribution is -0.118. The molecule has 2 amide bonds. The van der Waals surface area contributed by atoms with Crippen LogP contribution in [-0.4, -0.2) is 32.1 Å². The van der Waals surface area contributed by atoms with E-state index in [1.54, 1.807) is 42.5 Å². The van der Waals surface area contributed by atoms with Gasteiger partial charge in [0.05, 0.1) is 7.11 Å². The maximum absolute atomic E-state index is 12.1. The number of carbonyl (C=O) groups is 2. The first kappa shape index (κ1) is 19.3. The highest BCUT2D eigenvalue weighted by atomic mass is 16.5. The molecule has 2 rings (SSSR count). The second-order valence-corrected chi connectivity index (χ2v) is 5.51. The Morgan fingerprint density at radius 3 is 2.27 bits per heavy atom. The molecule has 0 saturated carbocycles. The molecule has 2 aromatic rings. The summed E-state index contributed by atoms with van der Waals surface area (Å²) in [5, 5.41) is 5.50. The van der Waals surface area contributed by atoms with E-state index < -0.39 is 0 Å². The number of hydrogen-bond donors (Lipinski definition) is 3. The summed E-state index contributed by atoms with van der Waals surface area (Å²) >= 11 is 0. The van der Waals surface area contributed by atoms with E-state index in [4.69, 9.17) is 15.2 Å². The lowest BCUT2D eigenvalue weighted by Gasteiger charge is -2.11. The molecular weight excluding hydrogens is 334 g/mol. The van der Waals surface area contributed by atoms with E-state index in [0.717, 1.165) is 0 Å². The van der Waals surface area contributed by atoms with Crippen molar-refractivity contribution in [3.63, 3.8) is 0 Å². The highest BCUT2D eigenvalue weighted by molar-refractivity contribution is 5.94. The fraction of sp³-hybridized carbons (Fsp3) is 0.263. The topological polar surface area (TPSA) is 103 Å². The van der Waals surface area contributed by atoms with Crippen molar-refractivity contribution in [3.8, 4) is 11.5 Å². The van der Waals surface area contributed by atoms with Crippen LogP contribution in [0.25, 0.3) is 0 Å². The molecule has 0 unspecified atom stereocenters. The van der Waals surface area contributed by atoms with Crippen molar-refractivity contribution in [1.29, 1.82) is 0 Å². The molecule has 0 aliphatic heterocycles. The number of para-hydroxylation sites is 2. The van der Waals surface area contributed by atoms with Crippen molar-refractivity contribution >= 4 is 23.2 Å². The summed E-state index contributed by atoms with van der Waals surface area (Å²) < 4.78 is 10.7. The summed E-state index contributed by atoms with van der Waals surface area (Å²) in [6, 6.07) is 14.0. The zero-order valence-corrected chi connectivity index (χ0v) is 14.7. The minimum Gasteiger partial charge on any atom is -0.493 e. The van der Waals surface area contributed by atoms with Gasteiger partial charge in [-0.05, 0) is 43.3 Å². The molecule has 0 aromatic heterocycles. The van der Waals surface area contributed by atoms with E-state index in [0.29, 0.717) is 42.3 Å². The quantitative estimate of drug-likeness (QED) is 0.639. The number of ether oxygens (including phenoxy) is 2. The van der Waals surface area contributed by atoms with Crippen LogP contribution in [0.2, 0.25) is 0 Å². The predicted octanol–water partition coefficient (Wildman–Crippen LogP) is 2.39. The van der Waals surface area contributed by atoms with Crippen LogP contribution in [0, 0.1) is 0 Å². The Labute approximate surface area is 152 Å². The number of nitrogens with one attached hydrogen (secondary N) is 2. The van der Waals surface area contributed by atoms with Gasteiger partial charge in [0.25, 0.3) is 5.91 Å². The van der Waals surface area contributed by atoms with E-state index in [1.165, 1.54) is 7.11 Å². The van der Waals surface area contributed by atoms with Gasteiger partial charge in [-0.15, -0.1) is 0 Å². The lowest BCUT2D eigenvalue weighted by Crippen LogP contribution is -2.20. The van der Waals surface area contributed by atoms with Crippen molar-refractivity contribution in [1.82, 2.24) is 0 Å². The molecule has 0 bridgehead atoms. The number of amides is 2. The number of rotatable bonds is 9. The molecular formula is C19H23N3O4. The summed E-state index contributed by atoms with van der Waals surface area (Å²) in [5.74, 6) is 0.620. The summed E-state index contributed by atoms with van der Waals surface area (Å²) in [5.41, 5.74) is 6.56. The molecule has 7 heteroatoms. The predicted molar refractivity (Wildman–Crippen MR) is 100 cm³/mol. The number of carbonyl (C=O) groups excluding carboxylic acids is 2. The minimum atomic E-state index is -0.317. The third-order valence-corrected chi connectivity index (χ3v) is 3.47. The fourth-order valence-electron chi connectivity index (χ4n) is 2.24. The number of hydrogen-bond acceptors (Lipinski definition) is 5. The van der Waals surface area contributed by atoms with Crippen molar-refractivity contribution in [2.75, 3.05) is 30.9 Å². The van der Waals surface area contributed by atoms with Crippen molar-refractivity contribution in [3.05, 3.63) is 48.5 Å². The van der Waals surface area contributed by atoms with E-state index in [2.05, 4.69) is 10.6 Å². The standard InChI is InChI=1S/C19H23N3O4/c1-25-16-8-2-3-9-17(16)26-13-19(24)22-15-7-4-6-14(12-15)21-18(23)10-5-11-20/h2-4,6-9,12H,5,10-11,13,20H2,1H3,(H,21,23)(H,22,24). The molecule has 4 N–H and O–H groups in total. The van der Waals surface area contributed by atoms with E-state index in [-0.39, 0.29) is 18.4 Å². The smallest absolute Gasteiger partial charge is 0.262 e. The van der Waals surface area contributed by atoms with Crippen LogP contribution in [0.1, 0.15) is 12.8 Å². The van der Waals surface area contributed by atoms with Gasteiger partial charge in [-0.1, -0.05) is 18.2 Å². The van der Waals surface area contributed by atoms with Gasteiger partial charge in [0, 0.05) is 17.8 Å². The molecule has 138 valence electrons. The third-order valence-electron chi connectivity index (χ3n) is 3.47. The van der Waals surface area contributed by atoms with Crippen LogP contribution >= 0.6 is 0 Å². The summed E-state index contributed by atoms with van der Waals surface area (Å²) in [7, 11) is 1.54. The zero-order chi connectivity index (χ0) is 18.8. The highest BCUT2D eigenvalue weighted by Gasteiger charge is 2.08. The molecule has 0 spiro atoms. The van der Waals surface area contributed by atoms with Gasteiger partial charge in [-0.3, -0.25) is 9.59 Å². The second-order valence-electron chi connectivity index (χ2n) is 5.51. The molecule has 0 radical (unpaired) electrons. The maximum atomic E-state index is 12.1. The maximum Gasteiger partial charge on any atom is 0.262 e. The summed E-state index contributed by atoms with van der Waals surface area (Å²) in [6.07, 6.45) is 0.988. The molecule has 0 aliphatic rings. The van der Waals surface area contributed by atoms with Crippen molar-refractivity contribution in [2.45, 2.75) is 12.8 Å². The van der Waals surface area contributed by atoms with Crippen LogP contribution in [0.15, 0.2) is 48.5 Å². The second kappa shape index (κ2) is 10.0. The Kier molecular flexibility index (Phi) is 7.45. The number of benzene rings is 2. The highest BCUT2D eigenvalue weighted by Crippen LogP contribution is 2.25. The van der Waals surface area contributed by atoms with Crippen molar-refractivity contribution < 1.29 is 19.1 Å². The molecule has 26 heavy (non-hydrogen) atoms. The van der Waals surface area contributed by atoms with Gasteiger partial charge in [0.2, 0.25) is 5.91 Å². The molecule has 0 fully saturated rings. The van der Waals surface area contributed by atoms with Gasteiger partial charge >= 0.3 is 0 Å². The number of anilines is 2. The van der Waals surface area contributed by atoms with Gasteiger partial charge in [0.1, 0.15) is 0 Å². The Morgan fingerprint density at radius 2 is 1.62 bits per heavy atom. The van der Waals surface area contributed by atoms with Crippen LogP contribution in [0.5, 0.6) is 11.5 Å². The largest absolute Gasteiger partial charge is 0.493 e. The van der Waals surface area contributed by atoms with Crippen LogP contribution in [0.3, 0.4) is 0 Å². The summed E-state index contributed by atoms with van der Waals surface area (Å²) in [4.78, 5) is 23.8. The normalized spacial score (nSPS) is 10.1. The third kappa shape index (κ3) is 6.10. The van der Waals surface area contributed by atoms with Gasteiger partial charge in [0.15, 0.2) is 18.1 Å². The van der Waals surface area contributed by atoms with Crippen LogP contribution in [-0.2, 0) is 9.59 Å². The van der Waals surface area contributed by atoms with E-state index >= 15 is 0 Å². The molecule has 0 heterocycles. The number of nitrogens with two attached hydrogens (primary N) is 1. The van der Waals surface area contributed by atoms with Gasteiger partial charge < -0.3 is 25.8 Å². The molecule has 0 aliphatic carbocycles. The van der Waals surface area contributed by atoms with Gasteiger partial charge in [-0.25, -0.2) is 0 Å². The Bertz CT molecular complexity index is 749. The average molecular weight is 357 g/mol. The van der Waals surface area contributed by atoms with Crippen molar-refractivity contribution in [2.24, 2.45) is 5.73 Å². The first-order valence-corrected chi connectivity index (χ1v) is 8.28. The number of methoxy groups -OCH3 is 1. The Morgan fingerprint density at radius 1 is 0.962 bits per heavy atom. The van der Waals surface area contributed by atoms with Gasteiger partial charge in [-0.2, -0.15) is 0 Å². The molecule has 2 aromatic carbocycles. The Balaban J connectivity index is 1.88. The van der Waals surface area contributed by atoms with E-state index in [1.807, 2.05) is 6.07 Å². The van der Waals surface area contributed by atoms with E-state index in [9.17, 15) is 9.59 Å². The van der Waals surface area contributed by atoms with Crippen LogP contribution < -0.4 is 25.8 Å². The van der Waals surface area contributed by atoms with Crippen LogP contribution in [0.4, 0.5) is 11.4 Å². The fourth-order valence-corrected chi connectivity index (χ4v) is 2.24. The lowest BCUT2D eigenvalue weighted by atomic mass is 10.2. The summed E-state index contributed by atoms with van der Waals surface area (Å²) in [6.45, 7) is 0.309. The zero-order valence-electron chi connectivity index (χ0n) is 14.7. The molecule has 7 nitrogen and oxygen atoms in total.